The van der Waals surface area contributed by atoms with E-state index in [0.717, 1.165) is 0 Å². The van der Waals surface area contributed by atoms with Crippen molar-refractivity contribution >= 4 is 17.7 Å². The summed E-state index contributed by atoms with van der Waals surface area (Å²) in [6, 6.07) is 0. The van der Waals surface area contributed by atoms with Gasteiger partial charge in [0.25, 0.3) is 5.91 Å². The van der Waals surface area contributed by atoms with Gasteiger partial charge in [0.15, 0.2) is 0 Å². The van der Waals surface area contributed by atoms with Crippen molar-refractivity contribution in [3.8, 4) is 0 Å². The van der Waals surface area contributed by atoms with Gasteiger partial charge in [0, 0.05) is 6.42 Å². The van der Waals surface area contributed by atoms with Crippen LogP contribution in [-0.4, -0.2) is 34.7 Å². The number of carbonyl (C=O) groups excluding carboxylic acids is 3. The van der Waals surface area contributed by atoms with Crippen molar-refractivity contribution in [2.75, 3.05) is 6.54 Å². The Bertz CT molecular complexity index is 310. The molecule has 0 aliphatic carbocycles. The van der Waals surface area contributed by atoms with Gasteiger partial charge in [0.05, 0.1) is 0 Å². The van der Waals surface area contributed by atoms with Crippen LogP contribution in [0.4, 0.5) is 0 Å². The van der Waals surface area contributed by atoms with Crippen molar-refractivity contribution in [2.24, 2.45) is 0 Å². The summed E-state index contributed by atoms with van der Waals surface area (Å²) in [5.41, 5.74) is -0.930. The third-order valence-electron chi connectivity index (χ3n) is 2.55. The number of hydrogen-bond acceptors (Lipinski definition) is 3. The largest absolute Gasteiger partial charge is 0.319 e. The highest BCUT2D eigenvalue weighted by Gasteiger charge is 2.42. The van der Waals surface area contributed by atoms with Crippen LogP contribution in [-0.2, 0) is 14.4 Å². The van der Waals surface area contributed by atoms with E-state index in [2.05, 4.69) is 5.32 Å². The topological polar surface area (TPSA) is 66.5 Å². The Kier molecular flexibility index (Phi) is 3.12. The van der Waals surface area contributed by atoms with E-state index in [1.54, 1.807) is 13.8 Å². The van der Waals surface area contributed by atoms with Crippen molar-refractivity contribution in [1.29, 1.82) is 0 Å². The molecule has 0 aromatic carbocycles. The number of piperazine rings is 1. The minimum absolute atomic E-state index is 0.0302. The lowest BCUT2D eigenvalue weighted by atomic mass is 9.98. The fraction of sp³-hybridized carbons (Fsp3) is 0.700. The highest BCUT2D eigenvalue weighted by molar-refractivity contribution is 6.06. The first-order valence-electron chi connectivity index (χ1n) is 5.04. The Hall–Kier alpha value is -1.39. The third-order valence-corrected chi connectivity index (χ3v) is 2.55. The fourth-order valence-corrected chi connectivity index (χ4v) is 1.53. The molecule has 0 unspecified atom stereocenters. The smallest absolute Gasteiger partial charge is 0.252 e. The molecule has 0 spiro atoms. The number of carbonyl (C=O) groups is 3. The van der Waals surface area contributed by atoms with Crippen LogP contribution in [0.15, 0.2) is 0 Å². The molecule has 1 fully saturated rings. The summed E-state index contributed by atoms with van der Waals surface area (Å²) < 4.78 is 0. The molecule has 0 bridgehead atoms. The van der Waals surface area contributed by atoms with Crippen molar-refractivity contribution in [2.45, 2.75) is 39.2 Å². The van der Waals surface area contributed by atoms with Crippen LogP contribution in [0.5, 0.6) is 0 Å². The molecule has 1 aliphatic rings. The second-order valence-electron chi connectivity index (χ2n) is 4.17. The van der Waals surface area contributed by atoms with Gasteiger partial charge in [-0.05, 0) is 20.3 Å². The van der Waals surface area contributed by atoms with E-state index in [1.807, 2.05) is 6.92 Å². The zero-order valence-electron chi connectivity index (χ0n) is 9.29. The lowest BCUT2D eigenvalue weighted by Gasteiger charge is -2.40. The summed E-state index contributed by atoms with van der Waals surface area (Å²) in [5.74, 6) is -0.974. The maximum absolute atomic E-state index is 11.7. The summed E-state index contributed by atoms with van der Waals surface area (Å²) in [5, 5.41) is 2.22. The van der Waals surface area contributed by atoms with Gasteiger partial charge in [0.1, 0.15) is 12.1 Å². The SMILES string of the molecule is CCCC(=O)N1CC(=O)NC(=O)C1(C)C. The molecular weight excluding hydrogens is 196 g/mol. The zero-order valence-corrected chi connectivity index (χ0v) is 9.29. The highest BCUT2D eigenvalue weighted by atomic mass is 16.2. The first-order valence-corrected chi connectivity index (χ1v) is 5.04. The molecule has 1 rings (SSSR count). The number of nitrogens with zero attached hydrogens (tertiary/aromatic N) is 1. The summed E-state index contributed by atoms with van der Waals surface area (Å²) >= 11 is 0. The molecule has 0 saturated carbocycles. The molecule has 1 heterocycles. The highest BCUT2D eigenvalue weighted by Crippen LogP contribution is 2.19. The number of amides is 3. The molecular formula is C10H16N2O3. The molecule has 15 heavy (non-hydrogen) atoms. The normalized spacial score (nSPS) is 20.1. The van der Waals surface area contributed by atoms with E-state index < -0.39 is 17.4 Å². The average Bonchev–Trinajstić information content (AvgIpc) is 2.12. The molecule has 1 N–H and O–H groups in total. The lowest BCUT2D eigenvalue weighted by Crippen LogP contribution is -2.65. The van der Waals surface area contributed by atoms with Crippen LogP contribution >= 0.6 is 0 Å². The monoisotopic (exact) mass is 212 g/mol. The van der Waals surface area contributed by atoms with Crippen molar-refractivity contribution < 1.29 is 14.4 Å². The third kappa shape index (κ3) is 2.16. The van der Waals surface area contributed by atoms with Crippen molar-refractivity contribution in [1.82, 2.24) is 10.2 Å². The fourth-order valence-electron chi connectivity index (χ4n) is 1.53. The Morgan fingerprint density at radius 3 is 2.60 bits per heavy atom. The average molecular weight is 212 g/mol. The van der Waals surface area contributed by atoms with Crippen LogP contribution in [0.2, 0.25) is 0 Å². The molecule has 5 nitrogen and oxygen atoms in total. The lowest BCUT2D eigenvalue weighted by molar-refractivity contribution is -0.155. The maximum Gasteiger partial charge on any atom is 0.252 e. The van der Waals surface area contributed by atoms with Gasteiger partial charge >= 0.3 is 0 Å². The van der Waals surface area contributed by atoms with Crippen molar-refractivity contribution in [3.63, 3.8) is 0 Å². The van der Waals surface area contributed by atoms with Gasteiger partial charge in [-0.1, -0.05) is 6.92 Å². The molecule has 0 radical (unpaired) electrons. The molecule has 1 saturated heterocycles. The van der Waals surface area contributed by atoms with Gasteiger partial charge in [-0.25, -0.2) is 0 Å². The second kappa shape index (κ2) is 4.00. The number of rotatable bonds is 2. The van der Waals surface area contributed by atoms with E-state index in [4.69, 9.17) is 0 Å². The summed E-state index contributed by atoms with van der Waals surface area (Å²) in [4.78, 5) is 35.7. The van der Waals surface area contributed by atoms with Crippen LogP contribution in [0.3, 0.4) is 0 Å². The molecule has 0 atom stereocenters. The summed E-state index contributed by atoms with van der Waals surface area (Å²) in [7, 11) is 0. The van der Waals surface area contributed by atoms with Gasteiger partial charge in [0.2, 0.25) is 11.8 Å². The Morgan fingerprint density at radius 1 is 1.47 bits per heavy atom. The first kappa shape index (κ1) is 11.7. The van der Waals surface area contributed by atoms with E-state index in [0.29, 0.717) is 12.8 Å². The van der Waals surface area contributed by atoms with E-state index in [-0.39, 0.29) is 12.5 Å². The first-order chi connectivity index (χ1) is 6.89. The Labute approximate surface area is 88.8 Å². The maximum atomic E-state index is 11.7. The van der Waals surface area contributed by atoms with Gasteiger partial charge in [-0.15, -0.1) is 0 Å². The van der Waals surface area contributed by atoms with Crippen LogP contribution in [0.1, 0.15) is 33.6 Å². The molecule has 84 valence electrons. The summed E-state index contributed by atoms with van der Waals surface area (Å²) in [6.07, 6.45) is 1.07. The van der Waals surface area contributed by atoms with Gasteiger partial charge < -0.3 is 4.90 Å². The Balaban J connectivity index is 2.88. The number of hydrogen-bond donors (Lipinski definition) is 1. The van der Waals surface area contributed by atoms with Gasteiger partial charge in [-0.3, -0.25) is 19.7 Å². The molecule has 0 aromatic heterocycles. The van der Waals surface area contributed by atoms with Gasteiger partial charge in [-0.2, -0.15) is 0 Å². The zero-order chi connectivity index (χ0) is 11.6. The van der Waals surface area contributed by atoms with Crippen LogP contribution in [0.25, 0.3) is 0 Å². The second-order valence-corrected chi connectivity index (χ2v) is 4.17. The van der Waals surface area contributed by atoms with Crippen LogP contribution in [0, 0.1) is 0 Å². The van der Waals surface area contributed by atoms with E-state index >= 15 is 0 Å². The molecule has 5 heteroatoms. The molecule has 1 aliphatic heterocycles. The van der Waals surface area contributed by atoms with Crippen molar-refractivity contribution in [3.05, 3.63) is 0 Å². The standard InChI is InChI=1S/C10H16N2O3/c1-4-5-8(14)12-6-7(13)11-9(15)10(12,2)3/h4-6H2,1-3H3,(H,11,13,15). The predicted octanol–water partition coefficient (Wildman–Crippen LogP) is 0.0501. The quantitative estimate of drug-likeness (QED) is 0.658. The van der Waals surface area contributed by atoms with Crippen LogP contribution < -0.4 is 5.32 Å². The Morgan fingerprint density at radius 2 is 2.07 bits per heavy atom. The van der Waals surface area contributed by atoms with E-state index in [1.165, 1.54) is 4.90 Å². The molecule has 0 aromatic rings. The predicted molar refractivity (Wildman–Crippen MR) is 53.8 cm³/mol. The minimum atomic E-state index is -0.930. The van der Waals surface area contributed by atoms with E-state index in [9.17, 15) is 14.4 Å². The number of imide groups is 1. The minimum Gasteiger partial charge on any atom is -0.319 e. The molecule has 3 amide bonds. The number of nitrogens with one attached hydrogen (secondary N) is 1. The summed E-state index contributed by atoms with van der Waals surface area (Å²) in [6.45, 7) is 5.14.